The van der Waals surface area contributed by atoms with E-state index in [0.717, 1.165) is 26.1 Å². The van der Waals surface area contributed by atoms with Crippen molar-refractivity contribution in [2.24, 2.45) is 0 Å². The first-order valence-corrected chi connectivity index (χ1v) is 13.2. The van der Waals surface area contributed by atoms with Gasteiger partial charge in [-0.1, -0.05) is 49.4 Å². The van der Waals surface area contributed by atoms with Crippen LogP contribution >= 0.6 is 0 Å². The van der Waals surface area contributed by atoms with Crippen LogP contribution in [0.1, 0.15) is 49.0 Å². The first-order valence-electron chi connectivity index (χ1n) is 13.2. The van der Waals surface area contributed by atoms with Crippen molar-refractivity contribution < 1.29 is 14.4 Å². The molecule has 0 spiro atoms. The number of amides is 3. The van der Waals surface area contributed by atoms with E-state index in [1.807, 2.05) is 17.9 Å². The van der Waals surface area contributed by atoms with Gasteiger partial charge in [0.25, 0.3) is 5.91 Å². The molecule has 2 heterocycles. The molecule has 1 aliphatic rings. The molecule has 0 radical (unpaired) electrons. The third-order valence-electron chi connectivity index (χ3n) is 6.77. The van der Waals surface area contributed by atoms with Crippen LogP contribution in [0.15, 0.2) is 72.9 Å². The van der Waals surface area contributed by atoms with Gasteiger partial charge in [0.15, 0.2) is 5.82 Å². The third kappa shape index (κ3) is 6.44. The molecule has 0 aliphatic carbocycles. The highest BCUT2D eigenvalue weighted by Gasteiger charge is 2.30. The number of carbonyl (C=O) groups excluding carboxylic acids is 3. The number of carbonyl (C=O) groups is 3. The molecule has 198 valence electrons. The maximum absolute atomic E-state index is 13.5. The van der Waals surface area contributed by atoms with Crippen LogP contribution < -0.4 is 10.2 Å². The lowest BCUT2D eigenvalue weighted by molar-refractivity contribution is -0.133. The van der Waals surface area contributed by atoms with Gasteiger partial charge in [-0.2, -0.15) is 0 Å². The first-order chi connectivity index (χ1) is 18.5. The summed E-state index contributed by atoms with van der Waals surface area (Å²) in [7, 11) is 0. The van der Waals surface area contributed by atoms with E-state index in [2.05, 4.69) is 46.4 Å². The van der Waals surface area contributed by atoms with Crippen molar-refractivity contribution in [2.75, 3.05) is 36.4 Å². The number of fused-ring (bicyclic) bond motifs is 2. The monoisotopic (exact) mass is 513 g/mol. The van der Waals surface area contributed by atoms with Gasteiger partial charge in [0, 0.05) is 45.2 Å². The number of aromatic nitrogens is 1. The Labute approximate surface area is 224 Å². The van der Waals surface area contributed by atoms with E-state index in [-0.39, 0.29) is 30.6 Å². The Balaban J connectivity index is 1.37. The summed E-state index contributed by atoms with van der Waals surface area (Å²) in [5.41, 5.74) is 2.58. The molecule has 1 aromatic heterocycles. The number of nitrogens with one attached hydrogen (secondary N) is 1. The van der Waals surface area contributed by atoms with Crippen molar-refractivity contribution in [3.63, 3.8) is 0 Å². The van der Waals surface area contributed by atoms with Gasteiger partial charge in [-0.25, -0.2) is 4.98 Å². The van der Waals surface area contributed by atoms with Crippen molar-refractivity contribution in [1.82, 2.24) is 14.8 Å². The number of nitrogens with zero attached hydrogens (tertiary/aromatic N) is 4. The summed E-state index contributed by atoms with van der Waals surface area (Å²) in [5.74, 6) is -0.274. The molecule has 0 saturated carbocycles. The standard InChI is InChI=1S/C30H35N5O3/c1-3-33(22-23-12-6-5-7-13-23)20-11-21-34(4-2)27(36)17-18-28(37)35-26-16-9-8-14-24(26)30(38)32-25-15-10-19-31-29(25)35/h5-10,12-16,19H,3-4,11,17-18,20-22H2,1-2H3,(H,32,38). The van der Waals surface area contributed by atoms with Gasteiger partial charge in [0.05, 0.1) is 16.9 Å². The summed E-state index contributed by atoms with van der Waals surface area (Å²) < 4.78 is 0. The second-order valence-corrected chi connectivity index (χ2v) is 9.26. The lowest BCUT2D eigenvalue weighted by atomic mass is 10.1. The molecule has 0 saturated heterocycles. The van der Waals surface area contributed by atoms with Gasteiger partial charge in [-0.15, -0.1) is 0 Å². The van der Waals surface area contributed by atoms with E-state index in [0.29, 0.717) is 35.8 Å². The van der Waals surface area contributed by atoms with Crippen LogP contribution in [0.5, 0.6) is 0 Å². The fourth-order valence-electron chi connectivity index (χ4n) is 4.71. The van der Waals surface area contributed by atoms with Crippen LogP contribution in [-0.2, 0) is 16.1 Å². The minimum absolute atomic E-state index is 0.0168. The van der Waals surface area contributed by atoms with Gasteiger partial charge in [0.1, 0.15) is 0 Å². The van der Waals surface area contributed by atoms with Crippen LogP contribution in [-0.4, -0.2) is 58.7 Å². The summed E-state index contributed by atoms with van der Waals surface area (Å²) in [6.45, 7) is 8.06. The van der Waals surface area contributed by atoms with Crippen molar-refractivity contribution in [2.45, 2.75) is 39.7 Å². The average molecular weight is 514 g/mol. The molecule has 0 unspecified atom stereocenters. The molecule has 0 bridgehead atoms. The molecule has 8 heteroatoms. The fourth-order valence-corrected chi connectivity index (χ4v) is 4.71. The summed E-state index contributed by atoms with van der Waals surface area (Å²) in [5, 5.41) is 2.83. The molecule has 1 aliphatic heterocycles. The van der Waals surface area contributed by atoms with E-state index < -0.39 is 0 Å². The predicted octanol–water partition coefficient (Wildman–Crippen LogP) is 4.85. The fraction of sp³-hybridized carbons (Fsp3) is 0.333. The van der Waals surface area contributed by atoms with E-state index in [4.69, 9.17) is 0 Å². The van der Waals surface area contributed by atoms with Crippen molar-refractivity contribution >= 4 is 34.9 Å². The van der Waals surface area contributed by atoms with Gasteiger partial charge < -0.3 is 10.2 Å². The number of anilines is 3. The molecule has 3 aromatic rings. The minimum Gasteiger partial charge on any atom is -0.343 e. The molecule has 8 nitrogen and oxygen atoms in total. The topological polar surface area (TPSA) is 85.9 Å². The van der Waals surface area contributed by atoms with E-state index in [1.54, 1.807) is 42.6 Å². The molecular formula is C30H35N5O3. The summed E-state index contributed by atoms with van der Waals surface area (Å²) in [6, 6.07) is 20.7. The zero-order valence-electron chi connectivity index (χ0n) is 22.1. The van der Waals surface area contributed by atoms with Gasteiger partial charge in [0.2, 0.25) is 11.8 Å². The molecule has 3 amide bonds. The van der Waals surface area contributed by atoms with Crippen LogP contribution in [0.4, 0.5) is 17.2 Å². The highest BCUT2D eigenvalue weighted by molar-refractivity contribution is 6.17. The summed E-state index contributed by atoms with van der Waals surface area (Å²) in [4.78, 5) is 49.3. The quantitative estimate of drug-likeness (QED) is 0.396. The second kappa shape index (κ2) is 13.0. The highest BCUT2D eigenvalue weighted by Crippen LogP contribution is 2.36. The number of para-hydroxylation sites is 1. The Morgan fingerprint density at radius 3 is 2.42 bits per heavy atom. The maximum Gasteiger partial charge on any atom is 0.257 e. The summed E-state index contributed by atoms with van der Waals surface area (Å²) >= 11 is 0. The number of benzene rings is 2. The molecule has 1 N–H and O–H groups in total. The predicted molar refractivity (Wildman–Crippen MR) is 149 cm³/mol. The molecule has 2 aromatic carbocycles. The first kappa shape index (κ1) is 27.0. The molecule has 38 heavy (non-hydrogen) atoms. The number of hydrogen-bond donors (Lipinski definition) is 1. The number of rotatable bonds is 11. The molecule has 0 fully saturated rings. The van der Waals surface area contributed by atoms with Crippen LogP contribution in [0.2, 0.25) is 0 Å². The zero-order chi connectivity index (χ0) is 26.9. The normalized spacial score (nSPS) is 12.4. The minimum atomic E-state index is -0.299. The lowest BCUT2D eigenvalue weighted by Gasteiger charge is -2.25. The Kier molecular flexibility index (Phi) is 9.21. The van der Waals surface area contributed by atoms with Crippen molar-refractivity contribution in [1.29, 1.82) is 0 Å². The second-order valence-electron chi connectivity index (χ2n) is 9.26. The zero-order valence-corrected chi connectivity index (χ0v) is 22.1. The highest BCUT2D eigenvalue weighted by atomic mass is 16.2. The number of hydrogen-bond acceptors (Lipinski definition) is 5. The smallest absolute Gasteiger partial charge is 0.257 e. The number of pyridine rings is 1. The summed E-state index contributed by atoms with van der Waals surface area (Å²) in [6.07, 6.45) is 2.55. The Morgan fingerprint density at radius 2 is 1.66 bits per heavy atom. The Bertz CT molecular complexity index is 1260. The van der Waals surface area contributed by atoms with Crippen molar-refractivity contribution in [3.05, 3.63) is 84.1 Å². The largest absolute Gasteiger partial charge is 0.343 e. The van der Waals surface area contributed by atoms with Gasteiger partial charge >= 0.3 is 0 Å². The molecule has 0 atom stereocenters. The van der Waals surface area contributed by atoms with E-state index in [9.17, 15) is 14.4 Å². The van der Waals surface area contributed by atoms with Gasteiger partial charge in [-0.3, -0.25) is 24.2 Å². The van der Waals surface area contributed by atoms with Crippen LogP contribution in [0, 0.1) is 0 Å². The molecule has 4 rings (SSSR count). The van der Waals surface area contributed by atoms with Crippen LogP contribution in [0.3, 0.4) is 0 Å². The third-order valence-corrected chi connectivity index (χ3v) is 6.77. The maximum atomic E-state index is 13.5. The Morgan fingerprint density at radius 1 is 0.895 bits per heavy atom. The van der Waals surface area contributed by atoms with Crippen LogP contribution in [0.25, 0.3) is 0 Å². The average Bonchev–Trinajstić information content (AvgIpc) is 3.07. The van der Waals surface area contributed by atoms with E-state index >= 15 is 0 Å². The SMILES string of the molecule is CCN(CCCN(CC)C(=O)CCC(=O)N1c2ccccc2C(=O)Nc2cccnc21)Cc1ccccc1. The lowest BCUT2D eigenvalue weighted by Crippen LogP contribution is -2.35. The van der Waals surface area contributed by atoms with E-state index in [1.165, 1.54) is 10.5 Å². The van der Waals surface area contributed by atoms with Crippen molar-refractivity contribution in [3.8, 4) is 0 Å². The Hall–Kier alpha value is -4.04. The molecular weight excluding hydrogens is 478 g/mol. The van der Waals surface area contributed by atoms with Gasteiger partial charge in [-0.05, 0) is 49.7 Å².